The number of thiophene rings is 2. The van der Waals surface area contributed by atoms with Crippen molar-refractivity contribution in [3.8, 4) is 22.3 Å². The zero-order chi connectivity index (χ0) is 42.8. The largest absolute Gasteiger partial charge is 0.478 e. The Balaban J connectivity index is 0.000000182. The lowest BCUT2D eigenvalue weighted by Gasteiger charge is -2.08. The van der Waals surface area contributed by atoms with E-state index in [9.17, 15) is 41.0 Å². The molecule has 0 fully saturated rings. The van der Waals surface area contributed by atoms with Gasteiger partial charge in [0.15, 0.2) is 0 Å². The molecule has 0 unspecified atom stereocenters. The number of carbonyl (C=O) groups is 2. The number of carboxylic acids is 1. The summed E-state index contributed by atoms with van der Waals surface area (Å²) < 4.78 is 91.4. The second-order valence-electron chi connectivity index (χ2n) is 13.4. The second-order valence-corrected chi connectivity index (χ2v) is 16.6. The van der Waals surface area contributed by atoms with Crippen molar-refractivity contribution in [1.29, 1.82) is 0 Å². The van der Waals surface area contributed by atoms with Crippen LogP contribution in [0.15, 0.2) is 109 Å². The highest BCUT2D eigenvalue weighted by Gasteiger charge is 2.19. The molecular formula is C46H28Cl2F6O4S2. The number of rotatable bonds is 9. The van der Waals surface area contributed by atoms with Gasteiger partial charge in [-0.15, -0.1) is 22.7 Å². The molecule has 2 aromatic heterocycles. The van der Waals surface area contributed by atoms with E-state index in [-0.39, 0.29) is 38.9 Å². The van der Waals surface area contributed by atoms with Crippen LogP contribution in [0.25, 0.3) is 42.4 Å². The second kappa shape index (κ2) is 17.9. The molecule has 14 heteroatoms. The quantitative estimate of drug-likeness (QED) is 0.116. The molecule has 0 aliphatic rings. The van der Waals surface area contributed by atoms with E-state index in [0.717, 1.165) is 15.8 Å². The zero-order valence-corrected chi connectivity index (χ0v) is 34.2. The number of hydrogen-bond donors (Lipinski definition) is 1. The van der Waals surface area contributed by atoms with Gasteiger partial charge >= 0.3 is 11.9 Å². The van der Waals surface area contributed by atoms with Crippen LogP contribution in [-0.4, -0.2) is 23.7 Å². The summed E-state index contributed by atoms with van der Waals surface area (Å²) in [6.07, 6.45) is 0.675. The van der Waals surface area contributed by atoms with Gasteiger partial charge < -0.3 is 9.84 Å². The molecule has 0 radical (unpaired) electrons. The maximum absolute atomic E-state index is 14.7. The summed E-state index contributed by atoms with van der Waals surface area (Å²) in [5, 5.41) is 10.4. The predicted molar refractivity (Wildman–Crippen MR) is 226 cm³/mol. The van der Waals surface area contributed by atoms with E-state index in [0.29, 0.717) is 55.3 Å². The molecule has 0 bridgehead atoms. The van der Waals surface area contributed by atoms with Gasteiger partial charge in [-0.05, 0) is 127 Å². The molecule has 0 atom stereocenters. The van der Waals surface area contributed by atoms with Crippen LogP contribution in [0.3, 0.4) is 0 Å². The first-order valence-corrected chi connectivity index (χ1v) is 20.4. The molecule has 0 aliphatic carbocycles. The van der Waals surface area contributed by atoms with E-state index in [1.807, 2.05) is 0 Å². The number of carboxylic acid groups (broad SMARTS) is 1. The van der Waals surface area contributed by atoms with Crippen molar-refractivity contribution in [2.24, 2.45) is 0 Å². The maximum Gasteiger partial charge on any atom is 0.338 e. The minimum atomic E-state index is -1.18. The van der Waals surface area contributed by atoms with E-state index in [4.69, 9.17) is 27.9 Å². The monoisotopic (exact) mass is 892 g/mol. The lowest BCUT2D eigenvalue weighted by Crippen LogP contribution is -2.05. The van der Waals surface area contributed by atoms with Crippen molar-refractivity contribution < 1.29 is 45.8 Å². The zero-order valence-electron chi connectivity index (χ0n) is 31.0. The third kappa shape index (κ3) is 9.37. The normalized spacial score (nSPS) is 11.2. The van der Waals surface area contributed by atoms with Crippen LogP contribution in [-0.2, 0) is 17.6 Å². The average Bonchev–Trinajstić information content (AvgIpc) is 3.81. The average molecular weight is 894 g/mol. The summed E-state index contributed by atoms with van der Waals surface area (Å²) in [6.45, 7) is 1.88. The third-order valence-corrected chi connectivity index (χ3v) is 12.0. The number of fused-ring (bicyclic) bond motifs is 2. The van der Waals surface area contributed by atoms with Gasteiger partial charge in [-0.2, -0.15) is 0 Å². The third-order valence-electron chi connectivity index (χ3n) is 9.24. The molecule has 1 N–H and O–H groups in total. The fraction of sp³-hybridized carbons (Fsp3) is 0.0870. The molecule has 0 saturated carbocycles. The number of hydrogen-bond acceptors (Lipinski definition) is 5. The first-order chi connectivity index (χ1) is 28.7. The molecule has 8 rings (SSSR count). The molecule has 0 saturated heterocycles. The number of benzene rings is 6. The van der Waals surface area contributed by atoms with E-state index in [1.165, 1.54) is 102 Å². The molecule has 60 heavy (non-hydrogen) atoms. The first kappa shape index (κ1) is 42.5. The number of ether oxygens (including phenoxy) is 1. The van der Waals surface area contributed by atoms with Crippen LogP contribution in [0, 0.1) is 34.9 Å². The molecule has 0 aliphatic heterocycles. The van der Waals surface area contributed by atoms with Gasteiger partial charge in [-0.1, -0.05) is 23.2 Å². The van der Waals surface area contributed by atoms with Gasteiger partial charge in [0.25, 0.3) is 0 Å². The Hall–Kier alpha value is -5.66. The van der Waals surface area contributed by atoms with Crippen molar-refractivity contribution >= 4 is 78.0 Å². The maximum atomic E-state index is 14.7. The fourth-order valence-corrected chi connectivity index (χ4v) is 9.60. The highest BCUT2D eigenvalue weighted by Crippen LogP contribution is 2.40. The lowest BCUT2D eigenvalue weighted by atomic mass is 10.0. The van der Waals surface area contributed by atoms with Crippen LogP contribution in [0.1, 0.15) is 48.5 Å². The predicted octanol–water partition coefficient (Wildman–Crippen LogP) is 14.3. The Kier molecular flexibility index (Phi) is 12.7. The lowest BCUT2D eigenvalue weighted by molar-refractivity contribution is 0.0525. The fourth-order valence-electron chi connectivity index (χ4n) is 6.65. The Bertz CT molecular complexity index is 2920. The van der Waals surface area contributed by atoms with Crippen molar-refractivity contribution in [3.63, 3.8) is 0 Å². The van der Waals surface area contributed by atoms with Gasteiger partial charge in [0.05, 0.1) is 17.7 Å². The van der Waals surface area contributed by atoms with Gasteiger partial charge in [-0.3, -0.25) is 0 Å². The summed E-state index contributed by atoms with van der Waals surface area (Å²) in [7, 11) is 0. The molecule has 2 heterocycles. The Morgan fingerprint density at radius 2 is 0.983 bits per heavy atom. The standard InChI is InChI=1S/C24H16ClF3O2S.C22H12ClF3O2S/c1-2-30-24(29)14-3-5-21(27)19(10-14)18-4-6-22(28)20-12-17(31-23(18)20)9-13-7-15(25)11-16(26)8-13;23-13-5-11(6-14(24)9-13)7-15-10-18-20(26)4-2-16(21(18)29-15)17-8-12(22(27)28)1-3-19(17)25/h3-8,10-12H,2,9H2,1H3;1-6,8-10H,7H2,(H,27,28). The van der Waals surface area contributed by atoms with Crippen LogP contribution < -0.4 is 0 Å². The Labute approximate surface area is 356 Å². The Morgan fingerprint density at radius 1 is 0.550 bits per heavy atom. The van der Waals surface area contributed by atoms with Gasteiger partial charge in [0.2, 0.25) is 0 Å². The molecular weight excluding hydrogens is 866 g/mol. The van der Waals surface area contributed by atoms with Crippen molar-refractivity contribution in [2.45, 2.75) is 19.8 Å². The van der Waals surface area contributed by atoms with Crippen LogP contribution in [0.2, 0.25) is 10.0 Å². The first-order valence-electron chi connectivity index (χ1n) is 18.0. The van der Waals surface area contributed by atoms with Crippen LogP contribution >= 0.6 is 45.9 Å². The van der Waals surface area contributed by atoms with Crippen molar-refractivity contribution in [3.05, 3.63) is 186 Å². The summed E-state index contributed by atoms with van der Waals surface area (Å²) in [6, 6.07) is 24.6. The topological polar surface area (TPSA) is 63.6 Å². The van der Waals surface area contributed by atoms with E-state index < -0.39 is 46.8 Å². The van der Waals surface area contributed by atoms with E-state index >= 15 is 0 Å². The minimum Gasteiger partial charge on any atom is -0.478 e. The highest BCUT2D eigenvalue weighted by molar-refractivity contribution is 7.20. The summed E-state index contributed by atoms with van der Waals surface area (Å²) in [5.74, 6) is -4.71. The SMILES string of the molecule is CCOC(=O)c1ccc(F)c(-c2ccc(F)c3cc(Cc4cc(F)cc(Cl)c4)sc23)c1.O=C(O)c1ccc(F)c(-c2ccc(F)c3cc(Cc4cc(F)cc(Cl)c4)sc23)c1. The van der Waals surface area contributed by atoms with Gasteiger partial charge in [0.1, 0.15) is 34.9 Å². The molecule has 4 nitrogen and oxygen atoms in total. The Morgan fingerprint density at radius 3 is 1.42 bits per heavy atom. The van der Waals surface area contributed by atoms with Crippen LogP contribution in [0.4, 0.5) is 26.3 Å². The van der Waals surface area contributed by atoms with Gasteiger partial charge in [-0.25, -0.2) is 35.9 Å². The summed E-state index contributed by atoms with van der Waals surface area (Å²) in [4.78, 5) is 24.8. The van der Waals surface area contributed by atoms with Crippen molar-refractivity contribution in [1.82, 2.24) is 0 Å². The molecule has 6 aromatic carbocycles. The molecule has 304 valence electrons. The molecule has 0 amide bonds. The number of esters is 1. The molecule has 0 spiro atoms. The van der Waals surface area contributed by atoms with Crippen molar-refractivity contribution in [2.75, 3.05) is 6.61 Å². The number of halogens is 8. The smallest absolute Gasteiger partial charge is 0.338 e. The van der Waals surface area contributed by atoms with Gasteiger partial charge in [0, 0.05) is 75.1 Å². The van der Waals surface area contributed by atoms with E-state index in [2.05, 4.69) is 0 Å². The molecule has 8 aromatic rings. The number of aromatic carboxylic acids is 1. The van der Waals surface area contributed by atoms with Crippen LogP contribution in [0.5, 0.6) is 0 Å². The highest BCUT2D eigenvalue weighted by atomic mass is 35.5. The van der Waals surface area contributed by atoms with E-state index in [1.54, 1.807) is 31.2 Å². The minimum absolute atomic E-state index is 0.0648. The summed E-state index contributed by atoms with van der Waals surface area (Å²) in [5.41, 5.74) is 2.54. The summed E-state index contributed by atoms with van der Waals surface area (Å²) >= 11 is 14.4. The number of carbonyl (C=O) groups excluding carboxylic acids is 1.